The van der Waals surface area contributed by atoms with Crippen LogP contribution in [0.5, 0.6) is 0 Å². The van der Waals surface area contributed by atoms with E-state index in [0.717, 1.165) is 25.9 Å². The first-order valence-corrected chi connectivity index (χ1v) is 8.33. The largest absolute Gasteiger partial charge is 0.395 e. The molecule has 0 atom stereocenters. The molecule has 21 heavy (non-hydrogen) atoms. The number of ether oxygens (including phenoxy) is 1. The van der Waals surface area contributed by atoms with Gasteiger partial charge in [0.05, 0.1) is 13.2 Å². The fraction of sp³-hybridized carbons (Fsp3) is 0.938. The second-order valence-electron chi connectivity index (χ2n) is 5.80. The molecule has 0 aliphatic heterocycles. The maximum atomic E-state index is 12.0. The van der Waals surface area contributed by atoms with Gasteiger partial charge in [0.1, 0.15) is 0 Å². The summed E-state index contributed by atoms with van der Waals surface area (Å²) in [5, 5.41) is 11.9. The highest BCUT2D eigenvalue weighted by atomic mass is 16.5. The van der Waals surface area contributed by atoms with Crippen LogP contribution in [-0.4, -0.2) is 55.5 Å². The van der Waals surface area contributed by atoms with Crippen LogP contribution in [-0.2, 0) is 4.74 Å². The van der Waals surface area contributed by atoms with Crippen molar-refractivity contribution in [3.63, 3.8) is 0 Å². The fourth-order valence-corrected chi connectivity index (χ4v) is 1.93. The molecule has 0 bridgehead atoms. The molecule has 0 rings (SSSR count). The molecule has 0 radical (unpaired) electrons. The lowest BCUT2D eigenvalue weighted by Crippen LogP contribution is -2.43. The minimum Gasteiger partial charge on any atom is -0.395 e. The number of hydrogen-bond donors (Lipinski definition) is 2. The number of unbranched alkanes of at least 4 members (excludes halogenated alkanes) is 3. The average Bonchev–Trinajstić information content (AvgIpc) is 2.45. The van der Waals surface area contributed by atoms with E-state index in [0.29, 0.717) is 32.2 Å². The molecule has 0 aliphatic rings. The highest BCUT2D eigenvalue weighted by Gasteiger charge is 2.11. The maximum absolute atomic E-state index is 12.0. The number of nitrogens with one attached hydrogen (secondary N) is 1. The van der Waals surface area contributed by atoms with Gasteiger partial charge in [-0.05, 0) is 18.8 Å². The third-order valence-corrected chi connectivity index (χ3v) is 3.30. The second-order valence-corrected chi connectivity index (χ2v) is 5.80. The molecule has 0 aromatic heterocycles. The first-order valence-electron chi connectivity index (χ1n) is 8.33. The number of carbonyl (C=O) groups is 1. The number of hydrogen-bond acceptors (Lipinski definition) is 3. The van der Waals surface area contributed by atoms with E-state index in [-0.39, 0.29) is 12.6 Å². The molecule has 0 fully saturated rings. The molecule has 5 nitrogen and oxygen atoms in total. The Hall–Kier alpha value is -0.810. The topological polar surface area (TPSA) is 61.8 Å². The lowest BCUT2D eigenvalue weighted by molar-refractivity contribution is 0.122. The predicted octanol–water partition coefficient (Wildman–Crippen LogP) is 2.63. The van der Waals surface area contributed by atoms with Crippen LogP contribution < -0.4 is 5.32 Å². The van der Waals surface area contributed by atoms with Crippen molar-refractivity contribution >= 4 is 6.03 Å². The third kappa shape index (κ3) is 12.6. The monoisotopic (exact) mass is 302 g/mol. The summed E-state index contributed by atoms with van der Waals surface area (Å²) in [4.78, 5) is 13.7. The van der Waals surface area contributed by atoms with Gasteiger partial charge >= 0.3 is 6.03 Å². The molecule has 0 aliphatic carbocycles. The predicted molar refractivity (Wildman–Crippen MR) is 86.5 cm³/mol. The summed E-state index contributed by atoms with van der Waals surface area (Å²) in [7, 11) is 0. The third-order valence-electron chi connectivity index (χ3n) is 3.30. The van der Waals surface area contributed by atoms with Crippen molar-refractivity contribution in [2.24, 2.45) is 5.92 Å². The normalized spacial score (nSPS) is 10.9. The van der Waals surface area contributed by atoms with E-state index in [2.05, 4.69) is 26.1 Å². The average molecular weight is 302 g/mol. The van der Waals surface area contributed by atoms with Gasteiger partial charge in [-0.25, -0.2) is 4.79 Å². The van der Waals surface area contributed by atoms with Crippen molar-refractivity contribution in [2.45, 2.75) is 52.9 Å². The molecule has 2 N–H and O–H groups in total. The number of amides is 2. The molecule has 0 unspecified atom stereocenters. The Morgan fingerprint density at radius 1 is 1.19 bits per heavy atom. The summed E-state index contributed by atoms with van der Waals surface area (Å²) in [6.45, 7) is 9.41. The lowest BCUT2D eigenvalue weighted by atomic mass is 10.1. The summed E-state index contributed by atoms with van der Waals surface area (Å²) in [5.74, 6) is 0.641. The number of carbonyl (C=O) groups excluding carboxylic acids is 1. The molecular weight excluding hydrogens is 268 g/mol. The van der Waals surface area contributed by atoms with Gasteiger partial charge in [0.25, 0.3) is 0 Å². The van der Waals surface area contributed by atoms with Crippen LogP contribution >= 0.6 is 0 Å². The Balaban J connectivity index is 3.74. The standard InChI is InChI=1S/C16H34N2O3/c1-4-5-6-7-10-18(11-12-19)16(20)17-9-14-21-13-8-15(2)3/h15,19H,4-14H2,1-3H3,(H,17,20). The van der Waals surface area contributed by atoms with E-state index in [1.165, 1.54) is 12.8 Å². The van der Waals surface area contributed by atoms with Gasteiger partial charge in [-0.3, -0.25) is 0 Å². The van der Waals surface area contributed by atoms with Crippen molar-refractivity contribution < 1.29 is 14.6 Å². The molecule has 126 valence electrons. The van der Waals surface area contributed by atoms with E-state index in [4.69, 9.17) is 9.84 Å². The van der Waals surface area contributed by atoms with Crippen LogP contribution in [0.15, 0.2) is 0 Å². The zero-order valence-electron chi connectivity index (χ0n) is 14.1. The van der Waals surface area contributed by atoms with Crippen molar-refractivity contribution in [1.29, 1.82) is 0 Å². The van der Waals surface area contributed by atoms with Crippen molar-refractivity contribution in [3.05, 3.63) is 0 Å². The van der Waals surface area contributed by atoms with Crippen LogP contribution in [0.2, 0.25) is 0 Å². The summed E-state index contributed by atoms with van der Waals surface area (Å²) in [6.07, 6.45) is 5.54. The number of urea groups is 1. The van der Waals surface area contributed by atoms with Crippen LogP contribution in [0.25, 0.3) is 0 Å². The molecule has 5 heteroatoms. The Morgan fingerprint density at radius 2 is 1.95 bits per heavy atom. The van der Waals surface area contributed by atoms with Gasteiger partial charge in [0, 0.05) is 26.2 Å². The Labute approximate surface area is 130 Å². The van der Waals surface area contributed by atoms with Gasteiger partial charge in [-0.15, -0.1) is 0 Å². The molecule has 0 aromatic carbocycles. The zero-order chi connectivity index (χ0) is 15.9. The molecule has 0 spiro atoms. The summed E-state index contributed by atoms with van der Waals surface area (Å²) in [6, 6.07) is -0.104. The Morgan fingerprint density at radius 3 is 2.57 bits per heavy atom. The molecule has 0 aromatic rings. The number of aliphatic hydroxyl groups is 1. The highest BCUT2D eigenvalue weighted by Crippen LogP contribution is 2.02. The number of aliphatic hydroxyl groups excluding tert-OH is 1. The van der Waals surface area contributed by atoms with Gasteiger partial charge < -0.3 is 20.1 Å². The smallest absolute Gasteiger partial charge is 0.317 e. The van der Waals surface area contributed by atoms with Crippen molar-refractivity contribution in [3.8, 4) is 0 Å². The van der Waals surface area contributed by atoms with Crippen molar-refractivity contribution in [2.75, 3.05) is 39.5 Å². The summed E-state index contributed by atoms with van der Waals surface area (Å²) >= 11 is 0. The minimum atomic E-state index is -0.104. The van der Waals surface area contributed by atoms with E-state index < -0.39 is 0 Å². The first-order chi connectivity index (χ1) is 10.1. The van der Waals surface area contributed by atoms with Gasteiger partial charge in [0.15, 0.2) is 0 Å². The quantitative estimate of drug-likeness (QED) is 0.514. The SMILES string of the molecule is CCCCCCN(CCO)C(=O)NCCOCCC(C)C. The summed E-state index contributed by atoms with van der Waals surface area (Å²) in [5.41, 5.74) is 0. The van der Waals surface area contributed by atoms with Crippen LogP contribution in [0.4, 0.5) is 4.79 Å². The highest BCUT2D eigenvalue weighted by molar-refractivity contribution is 5.74. The van der Waals surface area contributed by atoms with Gasteiger partial charge in [0.2, 0.25) is 0 Å². The molecule has 0 saturated heterocycles. The lowest BCUT2D eigenvalue weighted by Gasteiger charge is -2.22. The van der Waals surface area contributed by atoms with Gasteiger partial charge in [-0.2, -0.15) is 0 Å². The van der Waals surface area contributed by atoms with E-state index in [1.54, 1.807) is 4.90 Å². The molecular formula is C16H34N2O3. The van der Waals surface area contributed by atoms with E-state index >= 15 is 0 Å². The zero-order valence-corrected chi connectivity index (χ0v) is 14.1. The Bertz CT molecular complexity index is 248. The first kappa shape index (κ1) is 20.2. The van der Waals surface area contributed by atoms with Crippen LogP contribution in [0.1, 0.15) is 52.9 Å². The second kappa shape index (κ2) is 14.1. The van der Waals surface area contributed by atoms with Crippen molar-refractivity contribution in [1.82, 2.24) is 10.2 Å². The minimum absolute atomic E-state index is 0.00604. The maximum Gasteiger partial charge on any atom is 0.317 e. The molecule has 0 heterocycles. The van der Waals surface area contributed by atoms with Gasteiger partial charge in [-0.1, -0.05) is 40.0 Å². The van der Waals surface area contributed by atoms with Crippen LogP contribution in [0, 0.1) is 5.92 Å². The molecule has 2 amide bonds. The fourth-order valence-electron chi connectivity index (χ4n) is 1.93. The Kier molecular flexibility index (Phi) is 13.6. The van der Waals surface area contributed by atoms with E-state index in [9.17, 15) is 4.79 Å². The number of rotatable bonds is 13. The number of nitrogens with zero attached hydrogens (tertiary/aromatic N) is 1. The van der Waals surface area contributed by atoms with E-state index in [1.807, 2.05) is 0 Å². The van der Waals surface area contributed by atoms with Crippen LogP contribution in [0.3, 0.4) is 0 Å². The molecule has 0 saturated carbocycles. The summed E-state index contributed by atoms with van der Waals surface area (Å²) < 4.78 is 5.47.